The fraction of sp³-hybridized carbons (Fsp3) is 0.133. The Hall–Kier alpha value is -2.33. The lowest BCUT2D eigenvalue weighted by molar-refractivity contribution is 0.282. The number of aliphatic hydroxyl groups excluding tert-OH is 1. The molecule has 0 atom stereocenters. The summed E-state index contributed by atoms with van der Waals surface area (Å²) in [6.45, 7) is 1.99. The summed E-state index contributed by atoms with van der Waals surface area (Å²) in [5.41, 5.74) is 10.6. The van der Waals surface area contributed by atoms with Gasteiger partial charge in [0.25, 0.3) is 0 Å². The standard InChI is InChI=1S/C15H15N3O/c1-10-4-6-11(7-5-10)13-14(16)18-8-2-3-12(9-19)15(18)17-13/h2-8,19H,9,16H2,1H3. The molecule has 3 aromatic rings. The van der Waals surface area contributed by atoms with Gasteiger partial charge in [0.05, 0.1) is 6.61 Å². The first-order chi connectivity index (χ1) is 9.20. The molecule has 19 heavy (non-hydrogen) atoms. The molecule has 0 unspecified atom stereocenters. The van der Waals surface area contributed by atoms with Crippen LogP contribution < -0.4 is 5.73 Å². The Morgan fingerprint density at radius 3 is 2.63 bits per heavy atom. The van der Waals surface area contributed by atoms with Crippen molar-refractivity contribution in [1.82, 2.24) is 9.38 Å². The Morgan fingerprint density at radius 1 is 1.21 bits per heavy atom. The van der Waals surface area contributed by atoms with Crippen LogP contribution in [0.4, 0.5) is 5.82 Å². The summed E-state index contributed by atoms with van der Waals surface area (Å²) < 4.78 is 1.81. The molecule has 0 radical (unpaired) electrons. The Bertz CT molecular complexity index is 729. The van der Waals surface area contributed by atoms with Crippen LogP contribution in [0, 0.1) is 6.92 Å². The smallest absolute Gasteiger partial charge is 0.144 e. The molecule has 96 valence electrons. The first kappa shape index (κ1) is 11.7. The Kier molecular flexibility index (Phi) is 2.72. The van der Waals surface area contributed by atoms with E-state index in [2.05, 4.69) is 4.98 Å². The molecule has 2 heterocycles. The predicted octanol–water partition coefficient (Wildman–Crippen LogP) is 2.38. The number of hydrogen-bond acceptors (Lipinski definition) is 3. The predicted molar refractivity (Wildman–Crippen MR) is 75.7 cm³/mol. The van der Waals surface area contributed by atoms with Gasteiger partial charge in [-0.2, -0.15) is 0 Å². The maximum absolute atomic E-state index is 9.35. The van der Waals surface area contributed by atoms with Crippen molar-refractivity contribution in [3.8, 4) is 11.3 Å². The number of benzene rings is 1. The van der Waals surface area contributed by atoms with Crippen LogP contribution in [0.5, 0.6) is 0 Å². The van der Waals surface area contributed by atoms with Crippen molar-refractivity contribution in [2.75, 3.05) is 5.73 Å². The van der Waals surface area contributed by atoms with E-state index in [-0.39, 0.29) is 6.61 Å². The third kappa shape index (κ3) is 1.86. The number of aryl methyl sites for hydroxylation is 1. The fourth-order valence-corrected chi connectivity index (χ4v) is 2.19. The SMILES string of the molecule is Cc1ccc(-c2nc3c(CO)cccn3c2N)cc1. The number of nitrogens with zero attached hydrogens (tertiary/aromatic N) is 2. The summed E-state index contributed by atoms with van der Waals surface area (Å²) in [4.78, 5) is 4.56. The zero-order chi connectivity index (χ0) is 13.4. The topological polar surface area (TPSA) is 63.5 Å². The van der Waals surface area contributed by atoms with Crippen molar-refractivity contribution in [3.05, 3.63) is 53.7 Å². The molecular weight excluding hydrogens is 238 g/mol. The third-order valence-electron chi connectivity index (χ3n) is 3.26. The molecule has 4 heteroatoms. The molecule has 0 aliphatic carbocycles. The van der Waals surface area contributed by atoms with Gasteiger partial charge in [-0.25, -0.2) is 4.98 Å². The van der Waals surface area contributed by atoms with Crippen LogP contribution in [-0.4, -0.2) is 14.5 Å². The number of pyridine rings is 1. The number of anilines is 1. The van der Waals surface area contributed by atoms with E-state index >= 15 is 0 Å². The van der Waals surface area contributed by atoms with E-state index < -0.39 is 0 Å². The first-order valence-electron chi connectivity index (χ1n) is 6.14. The molecule has 0 fully saturated rings. The maximum Gasteiger partial charge on any atom is 0.144 e. The number of aliphatic hydroxyl groups is 1. The van der Waals surface area contributed by atoms with E-state index in [1.165, 1.54) is 5.56 Å². The van der Waals surface area contributed by atoms with E-state index in [0.717, 1.165) is 16.8 Å². The average molecular weight is 253 g/mol. The molecule has 0 saturated carbocycles. The summed E-state index contributed by atoms with van der Waals surface area (Å²) in [7, 11) is 0. The quantitative estimate of drug-likeness (QED) is 0.737. The van der Waals surface area contributed by atoms with Gasteiger partial charge in [-0.05, 0) is 13.0 Å². The molecule has 0 amide bonds. The minimum Gasteiger partial charge on any atom is -0.392 e. The summed E-state index contributed by atoms with van der Waals surface area (Å²) in [6, 6.07) is 11.8. The first-order valence-corrected chi connectivity index (χ1v) is 6.14. The molecule has 0 bridgehead atoms. The molecule has 3 rings (SSSR count). The second-order valence-corrected chi connectivity index (χ2v) is 4.60. The number of hydrogen-bond donors (Lipinski definition) is 2. The molecule has 0 aliphatic rings. The number of fused-ring (bicyclic) bond motifs is 1. The molecule has 3 N–H and O–H groups in total. The zero-order valence-electron chi connectivity index (χ0n) is 10.7. The highest BCUT2D eigenvalue weighted by Crippen LogP contribution is 2.27. The lowest BCUT2D eigenvalue weighted by atomic mass is 10.1. The van der Waals surface area contributed by atoms with E-state index in [4.69, 9.17) is 5.73 Å². The molecule has 1 aromatic carbocycles. The van der Waals surface area contributed by atoms with E-state index in [9.17, 15) is 5.11 Å². The molecule has 0 spiro atoms. The average Bonchev–Trinajstić information content (AvgIpc) is 2.77. The zero-order valence-corrected chi connectivity index (χ0v) is 10.7. The highest BCUT2D eigenvalue weighted by Gasteiger charge is 2.13. The van der Waals surface area contributed by atoms with Crippen LogP contribution >= 0.6 is 0 Å². The van der Waals surface area contributed by atoms with E-state index in [1.54, 1.807) is 4.40 Å². The third-order valence-corrected chi connectivity index (χ3v) is 3.26. The highest BCUT2D eigenvalue weighted by molar-refractivity contribution is 5.76. The van der Waals surface area contributed by atoms with Crippen LogP contribution in [-0.2, 0) is 6.61 Å². The molecular formula is C15H15N3O. The second-order valence-electron chi connectivity index (χ2n) is 4.60. The van der Waals surface area contributed by atoms with Crippen LogP contribution in [0.3, 0.4) is 0 Å². The Morgan fingerprint density at radius 2 is 1.95 bits per heavy atom. The second kappa shape index (κ2) is 4.40. The lowest BCUT2D eigenvalue weighted by Crippen LogP contribution is -1.95. The minimum absolute atomic E-state index is 0.0475. The van der Waals surface area contributed by atoms with Crippen molar-refractivity contribution >= 4 is 11.5 Å². The van der Waals surface area contributed by atoms with Crippen LogP contribution in [0.25, 0.3) is 16.9 Å². The van der Waals surface area contributed by atoms with Crippen molar-refractivity contribution in [2.45, 2.75) is 13.5 Å². The van der Waals surface area contributed by atoms with Gasteiger partial charge in [-0.1, -0.05) is 35.9 Å². The monoisotopic (exact) mass is 253 g/mol. The van der Waals surface area contributed by atoms with Crippen molar-refractivity contribution in [3.63, 3.8) is 0 Å². The largest absolute Gasteiger partial charge is 0.392 e. The molecule has 2 aromatic heterocycles. The van der Waals surface area contributed by atoms with Gasteiger partial charge < -0.3 is 10.8 Å². The van der Waals surface area contributed by atoms with Gasteiger partial charge in [0.2, 0.25) is 0 Å². The van der Waals surface area contributed by atoms with Crippen molar-refractivity contribution in [2.24, 2.45) is 0 Å². The normalized spacial score (nSPS) is 11.1. The number of imidazole rings is 1. The number of aromatic nitrogens is 2. The highest BCUT2D eigenvalue weighted by atomic mass is 16.3. The maximum atomic E-state index is 9.35. The number of rotatable bonds is 2. The van der Waals surface area contributed by atoms with Gasteiger partial charge in [0.15, 0.2) is 0 Å². The lowest BCUT2D eigenvalue weighted by Gasteiger charge is -2.00. The van der Waals surface area contributed by atoms with E-state index in [0.29, 0.717) is 11.5 Å². The van der Waals surface area contributed by atoms with Crippen molar-refractivity contribution < 1.29 is 5.11 Å². The van der Waals surface area contributed by atoms with Gasteiger partial charge in [0, 0.05) is 17.3 Å². The van der Waals surface area contributed by atoms with Gasteiger partial charge in [-0.15, -0.1) is 0 Å². The molecule has 0 saturated heterocycles. The number of nitrogens with two attached hydrogens (primary N) is 1. The van der Waals surface area contributed by atoms with E-state index in [1.807, 2.05) is 49.5 Å². The van der Waals surface area contributed by atoms with Gasteiger partial charge in [0.1, 0.15) is 17.2 Å². The van der Waals surface area contributed by atoms with Crippen LogP contribution in [0.2, 0.25) is 0 Å². The summed E-state index contributed by atoms with van der Waals surface area (Å²) in [5, 5.41) is 9.35. The molecule has 4 nitrogen and oxygen atoms in total. The Labute approximate surface area is 111 Å². The summed E-state index contributed by atoms with van der Waals surface area (Å²) >= 11 is 0. The minimum atomic E-state index is -0.0475. The summed E-state index contributed by atoms with van der Waals surface area (Å²) in [5.74, 6) is 0.592. The Balaban J connectivity index is 2.25. The van der Waals surface area contributed by atoms with Crippen molar-refractivity contribution in [1.29, 1.82) is 0 Å². The summed E-state index contributed by atoms with van der Waals surface area (Å²) in [6.07, 6.45) is 1.86. The fourth-order valence-electron chi connectivity index (χ4n) is 2.19. The molecule has 0 aliphatic heterocycles. The van der Waals surface area contributed by atoms with Gasteiger partial charge in [-0.3, -0.25) is 4.40 Å². The van der Waals surface area contributed by atoms with Crippen LogP contribution in [0.1, 0.15) is 11.1 Å². The van der Waals surface area contributed by atoms with Gasteiger partial charge >= 0.3 is 0 Å². The number of nitrogen functional groups attached to an aromatic ring is 1. The van der Waals surface area contributed by atoms with Crippen LogP contribution in [0.15, 0.2) is 42.6 Å².